The van der Waals surface area contributed by atoms with E-state index in [0.717, 1.165) is 25.8 Å². The standard InChI is InChI=1S/C8H15NO.ClH/c1-6-4-8(10)3-2-7(6)5-9;/h6-7H,2-5,9H2,1H3;1H/t6-,7-;/m0./s1. The van der Waals surface area contributed by atoms with Crippen LogP contribution < -0.4 is 5.73 Å². The van der Waals surface area contributed by atoms with Crippen molar-refractivity contribution < 1.29 is 4.79 Å². The van der Waals surface area contributed by atoms with E-state index in [1.165, 1.54) is 0 Å². The third kappa shape index (κ3) is 2.80. The number of carbonyl (C=O) groups is 1. The lowest BCUT2D eigenvalue weighted by Gasteiger charge is -2.26. The molecule has 11 heavy (non-hydrogen) atoms. The monoisotopic (exact) mass is 177 g/mol. The minimum Gasteiger partial charge on any atom is -0.330 e. The molecule has 2 nitrogen and oxygen atoms in total. The molecule has 2 N–H and O–H groups in total. The minimum absolute atomic E-state index is 0. The molecule has 0 saturated heterocycles. The number of nitrogens with two attached hydrogens (primary N) is 1. The Bertz CT molecular complexity index is 138. The Morgan fingerprint density at radius 3 is 2.73 bits per heavy atom. The van der Waals surface area contributed by atoms with E-state index in [-0.39, 0.29) is 12.4 Å². The van der Waals surface area contributed by atoms with Crippen LogP contribution in [0.1, 0.15) is 26.2 Å². The van der Waals surface area contributed by atoms with Crippen LogP contribution in [0, 0.1) is 11.8 Å². The highest BCUT2D eigenvalue weighted by Gasteiger charge is 2.24. The number of halogens is 1. The van der Waals surface area contributed by atoms with E-state index in [1.807, 2.05) is 0 Å². The van der Waals surface area contributed by atoms with Crippen LogP contribution in [0.3, 0.4) is 0 Å². The maximum absolute atomic E-state index is 10.9. The first-order valence-electron chi connectivity index (χ1n) is 3.95. The molecule has 1 aliphatic carbocycles. The van der Waals surface area contributed by atoms with Gasteiger partial charge in [0.2, 0.25) is 0 Å². The van der Waals surface area contributed by atoms with E-state index >= 15 is 0 Å². The van der Waals surface area contributed by atoms with Crippen LogP contribution in [0.15, 0.2) is 0 Å². The maximum atomic E-state index is 10.9. The van der Waals surface area contributed by atoms with E-state index in [0.29, 0.717) is 17.6 Å². The second kappa shape index (κ2) is 4.73. The number of Topliss-reactive ketones (excluding diaryl/α,β-unsaturated/α-hetero) is 1. The highest BCUT2D eigenvalue weighted by Crippen LogP contribution is 2.26. The van der Waals surface area contributed by atoms with Gasteiger partial charge in [-0.3, -0.25) is 4.79 Å². The van der Waals surface area contributed by atoms with E-state index in [2.05, 4.69) is 6.92 Å². The summed E-state index contributed by atoms with van der Waals surface area (Å²) in [4.78, 5) is 10.9. The van der Waals surface area contributed by atoms with Gasteiger partial charge in [0.25, 0.3) is 0 Å². The molecular weight excluding hydrogens is 162 g/mol. The molecule has 0 bridgehead atoms. The molecule has 1 rings (SSSR count). The molecule has 0 spiro atoms. The summed E-state index contributed by atoms with van der Waals surface area (Å²) in [5, 5.41) is 0. The first-order valence-corrected chi connectivity index (χ1v) is 3.95. The summed E-state index contributed by atoms with van der Waals surface area (Å²) in [7, 11) is 0. The Labute approximate surface area is 73.9 Å². The lowest BCUT2D eigenvalue weighted by molar-refractivity contribution is -0.122. The summed E-state index contributed by atoms with van der Waals surface area (Å²) in [6, 6.07) is 0. The molecule has 2 atom stereocenters. The van der Waals surface area contributed by atoms with Gasteiger partial charge in [0.05, 0.1) is 0 Å². The van der Waals surface area contributed by atoms with Crippen molar-refractivity contribution in [2.24, 2.45) is 17.6 Å². The van der Waals surface area contributed by atoms with Gasteiger partial charge in [0.1, 0.15) is 5.78 Å². The van der Waals surface area contributed by atoms with Gasteiger partial charge < -0.3 is 5.73 Å². The third-order valence-electron chi connectivity index (χ3n) is 2.45. The van der Waals surface area contributed by atoms with Crippen molar-refractivity contribution in [3.63, 3.8) is 0 Å². The van der Waals surface area contributed by atoms with E-state index in [1.54, 1.807) is 0 Å². The van der Waals surface area contributed by atoms with Gasteiger partial charge in [-0.25, -0.2) is 0 Å². The smallest absolute Gasteiger partial charge is 0.133 e. The van der Waals surface area contributed by atoms with Crippen molar-refractivity contribution >= 4 is 18.2 Å². The van der Waals surface area contributed by atoms with Crippen molar-refractivity contribution in [3.8, 4) is 0 Å². The van der Waals surface area contributed by atoms with Crippen LogP contribution in [-0.4, -0.2) is 12.3 Å². The summed E-state index contributed by atoms with van der Waals surface area (Å²) in [6.45, 7) is 2.86. The van der Waals surface area contributed by atoms with Crippen molar-refractivity contribution in [1.29, 1.82) is 0 Å². The number of hydrogen-bond acceptors (Lipinski definition) is 2. The molecule has 0 heterocycles. The summed E-state index contributed by atoms with van der Waals surface area (Å²) in [5.74, 6) is 1.53. The number of ketones is 1. The second-order valence-electron chi connectivity index (χ2n) is 3.25. The quantitative estimate of drug-likeness (QED) is 0.658. The van der Waals surface area contributed by atoms with Crippen LogP contribution in [0.4, 0.5) is 0 Å². The molecule has 0 unspecified atom stereocenters. The molecule has 3 heteroatoms. The van der Waals surface area contributed by atoms with Crippen LogP contribution in [0.5, 0.6) is 0 Å². The predicted molar refractivity (Wildman–Crippen MR) is 47.8 cm³/mol. The van der Waals surface area contributed by atoms with Gasteiger partial charge in [0.15, 0.2) is 0 Å². The predicted octanol–water partition coefficient (Wildman–Crippen LogP) is 1.37. The Hall–Kier alpha value is -0.0800. The maximum Gasteiger partial charge on any atom is 0.133 e. The second-order valence-corrected chi connectivity index (χ2v) is 3.25. The SMILES string of the molecule is C[C@H]1CC(=O)CC[C@H]1CN.Cl. The Morgan fingerprint density at radius 1 is 1.64 bits per heavy atom. The average molecular weight is 178 g/mol. The molecule has 1 saturated carbocycles. The number of rotatable bonds is 1. The van der Waals surface area contributed by atoms with Crippen molar-refractivity contribution in [1.82, 2.24) is 0 Å². The highest BCUT2D eigenvalue weighted by atomic mass is 35.5. The van der Waals surface area contributed by atoms with E-state index < -0.39 is 0 Å². The molecule has 0 amide bonds. The average Bonchev–Trinajstić information content (AvgIpc) is 1.88. The Morgan fingerprint density at radius 2 is 2.27 bits per heavy atom. The molecule has 0 aromatic carbocycles. The lowest BCUT2D eigenvalue weighted by Crippen LogP contribution is -2.28. The Kier molecular flexibility index (Phi) is 4.69. The first-order chi connectivity index (χ1) is 4.74. The molecule has 1 fully saturated rings. The van der Waals surface area contributed by atoms with Gasteiger partial charge in [-0.05, 0) is 24.8 Å². The van der Waals surface area contributed by atoms with Crippen LogP contribution in [-0.2, 0) is 4.79 Å². The van der Waals surface area contributed by atoms with Crippen LogP contribution >= 0.6 is 12.4 Å². The minimum atomic E-state index is 0. The molecule has 0 radical (unpaired) electrons. The summed E-state index contributed by atoms with van der Waals surface area (Å²) >= 11 is 0. The zero-order chi connectivity index (χ0) is 7.56. The largest absolute Gasteiger partial charge is 0.330 e. The zero-order valence-electron chi connectivity index (χ0n) is 6.88. The molecule has 66 valence electrons. The van der Waals surface area contributed by atoms with Gasteiger partial charge in [-0.1, -0.05) is 6.92 Å². The third-order valence-corrected chi connectivity index (χ3v) is 2.45. The molecule has 0 aliphatic heterocycles. The number of carbonyl (C=O) groups excluding carboxylic acids is 1. The zero-order valence-corrected chi connectivity index (χ0v) is 7.69. The van der Waals surface area contributed by atoms with Gasteiger partial charge in [0, 0.05) is 12.8 Å². The normalized spacial score (nSPS) is 31.3. The van der Waals surface area contributed by atoms with E-state index in [9.17, 15) is 4.79 Å². The molecular formula is C8H16ClNO. The van der Waals surface area contributed by atoms with Crippen molar-refractivity contribution in [2.45, 2.75) is 26.2 Å². The number of hydrogen-bond donors (Lipinski definition) is 1. The van der Waals surface area contributed by atoms with Crippen molar-refractivity contribution in [3.05, 3.63) is 0 Å². The molecule has 1 aliphatic rings. The fourth-order valence-electron chi connectivity index (χ4n) is 1.61. The fourth-order valence-corrected chi connectivity index (χ4v) is 1.61. The van der Waals surface area contributed by atoms with Crippen LogP contribution in [0.2, 0.25) is 0 Å². The summed E-state index contributed by atoms with van der Waals surface area (Å²) < 4.78 is 0. The topological polar surface area (TPSA) is 43.1 Å². The van der Waals surface area contributed by atoms with Gasteiger partial charge in [-0.2, -0.15) is 0 Å². The highest BCUT2D eigenvalue weighted by molar-refractivity contribution is 5.85. The van der Waals surface area contributed by atoms with Gasteiger partial charge >= 0.3 is 0 Å². The first kappa shape index (κ1) is 10.9. The summed E-state index contributed by atoms with van der Waals surface area (Å²) in [5.41, 5.74) is 5.53. The Balaban J connectivity index is 0.000001000. The van der Waals surface area contributed by atoms with Crippen molar-refractivity contribution in [2.75, 3.05) is 6.54 Å². The van der Waals surface area contributed by atoms with E-state index in [4.69, 9.17) is 5.73 Å². The van der Waals surface area contributed by atoms with Gasteiger partial charge in [-0.15, -0.1) is 12.4 Å². The van der Waals surface area contributed by atoms with Crippen LogP contribution in [0.25, 0.3) is 0 Å². The molecule has 0 aromatic rings. The molecule has 0 aromatic heterocycles. The summed E-state index contributed by atoms with van der Waals surface area (Å²) in [6.07, 6.45) is 2.52. The lowest BCUT2D eigenvalue weighted by atomic mass is 9.80. The fraction of sp³-hybridized carbons (Fsp3) is 0.875.